The third kappa shape index (κ3) is 3.89. The summed E-state index contributed by atoms with van der Waals surface area (Å²) < 4.78 is 0. The molecule has 0 saturated heterocycles. The Labute approximate surface area is 43.8 Å². The fourth-order valence-corrected chi connectivity index (χ4v) is 0.296. The standard InChI is InChI=1S/C4H9NS/c1-2-5-3-4-6/h2,5-6H,1,3-4H2. The second-order valence-corrected chi connectivity index (χ2v) is 1.33. The molecule has 0 aliphatic carbocycles. The molecule has 36 valence electrons. The molecule has 0 heterocycles. The minimum Gasteiger partial charge on any atom is -0.391 e. The monoisotopic (exact) mass is 103 g/mol. The van der Waals surface area contributed by atoms with E-state index >= 15 is 0 Å². The van der Waals surface area contributed by atoms with Crippen LogP contribution in [0.25, 0.3) is 0 Å². The van der Waals surface area contributed by atoms with Crippen molar-refractivity contribution in [1.82, 2.24) is 5.32 Å². The molecule has 0 unspecified atom stereocenters. The summed E-state index contributed by atoms with van der Waals surface area (Å²) in [5.41, 5.74) is 0. The number of hydrogen-bond acceptors (Lipinski definition) is 2. The zero-order valence-corrected chi connectivity index (χ0v) is 4.54. The number of rotatable bonds is 3. The first-order valence-electron chi connectivity index (χ1n) is 1.87. The van der Waals surface area contributed by atoms with Gasteiger partial charge in [0.25, 0.3) is 0 Å². The predicted molar refractivity (Wildman–Crippen MR) is 32.1 cm³/mol. The average molecular weight is 103 g/mol. The van der Waals surface area contributed by atoms with Crippen LogP contribution >= 0.6 is 12.6 Å². The molecule has 0 fully saturated rings. The Morgan fingerprint density at radius 3 is 2.67 bits per heavy atom. The molecule has 2 heteroatoms. The summed E-state index contributed by atoms with van der Waals surface area (Å²) in [7, 11) is 0. The molecule has 0 atom stereocenters. The maximum Gasteiger partial charge on any atom is 0.0229 e. The number of thiol groups is 1. The van der Waals surface area contributed by atoms with Gasteiger partial charge >= 0.3 is 0 Å². The first-order chi connectivity index (χ1) is 2.91. The van der Waals surface area contributed by atoms with Crippen LogP contribution in [0.5, 0.6) is 0 Å². The van der Waals surface area contributed by atoms with Crippen LogP contribution in [0.2, 0.25) is 0 Å². The van der Waals surface area contributed by atoms with Crippen molar-refractivity contribution in [2.75, 3.05) is 12.3 Å². The lowest BCUT2D eigenvalue weighted by molar-refractivity contribution is 0.935. The SMILES string of the molecule is C=CNCCS. The second kappa shape index (κ2) is 4.89. The van der Waals surface area contributed by atoms with Crippen molar-refractivity contribution < 1.29 is 0 Å². The maximum absolute atomic E-state index is 3.94. The summed E-state index contributed by atoms with van der Waals surface area (Å²) in [5, 5.41) is 2.89. The van der Waals surface area contributed by atoms with Crippen molar-refractivity contribution in [3.8, 4) is 0 Å². The van der Waals surface area contributed by atoms with Gasteiger partial charge in [-0.15, -0.1) is 0 Å². The van der Waals surface area contributed by atoms with Crippen LogP contribution < -0.4 is 5.32 Å². The topological polar surface area (TPSA) is 12.0 Å². The average Bonchev–Trinajstić information content (AvgIpc) is 1.61. The molecule has 0 aliphatic rings. The highest BCUT2D eigenvalue weighted by Crippen LogP contribution is 1.65. The predicted octanol–water partition coefficient (Wildman–Crippen LogP) is 0.649. The molecule has 0 aromatic heterocycles. The molecule has 0 saturated carbocycles. The zero-order valence-electron chi connectivity index (χ0n) is 3.65. The Kier molecular flexibility index (Phi) is 4.80. The van der Waals surface area contributed by atoms with Crippen LogP contribution in [0, 0.1) is 0 Å². The van der Waals surface area contributed by atoms with Crippen molar-refractivity contribution in [2.24, 2.45) is 0 Å². The highest BCUT2D eigenvalue weighted by Gasteiger charge is 1.67. The highest BCUT2D eigenvalue weighted by atomic mass is 32.1. The Morgan fingerprint density at radius 1 is 1.83 bits per heavy atom. The summed E-state index contributed by atoms with van der Waals surface area (Å²) in [4.78, 5) is 0. The van der Waals surface area contributed by atoms with E-state index in [9.17, 15) is 0 Å². The minimum absolute atomic E-state index is 0.867. The molecule has 6 heavy (non-hydrogen) atoms. The molecule has 1 nitrogen and oxygen atoms in total. The van der Waals surface area contributed by atoms with Gasteiger partial charge in [-0.3, -0.25) is 0 Å². The molecular formula is C4H9NS. The lowest BCUT2D eigenvalue weighted by Crippen LogP contribution is -2.06. The molecule has 0 spiro atoms. The van der Waals surface area contributed by atoms with Gasteiger partial charge in [-0.2, -0.15) is 12.6 Å². The van der Waals surface area contributed by atoms with Crippen LogP contribution in [-0.4, -0.2) is 12.3 Å². The molecule has 0 radical (unpaired) electrons. The largest absolute Gasteiger partial charge is 0.391 e. The van der Waals surface area contributed by atoms with Gasteiger partial charge in [0.1, 0.15) is 0 Å². The van der Waals surface area contributed by atoms with Gasteiger partial charge in [-0.1, -0.05) is 6.58 Å². The van der Waals surface area contributed by atoms with E-state index in [1.165, 1.54) is 0 Å². The first-order valence-corrected chi connectivity index (χ1v) is 2.50. The third-order valence-corrected chi connectivity index (χ3v) is 0.624. The van der Waals surface area contributed by atoms with Crippen molar-refractivity contribution in [3.63, 3.8) is 0 Å². The van der Waals surface area contributed by atoms with Gasteiger partial charge in [0.15, 0.2) is 0 Å². The Hall–Kier alpha value is -0.110. The molecule has 0 bridgehead atoms. The first kappa shape index (κ1) is 5.89. The summed E-state index contributed by atoms with van der Waals surface area (Å²) in [6.07, 6.45) is 1.66. The fraction of sp³-hybridized carbons (Fsp3) is 0.500. The quantitative estimate of drug-likeness (QED) is 0.395. The molecule has 0 aromatic carbocycles. The van der Waals surface area contributed by atoms with Gasteiger partial charge in [0.05, 0.1) is 0 Å². The van der Waals surface area contributed by atoms with E-state index in [0.29, 0.717) is 0 Å². The van der Waals surface area contributed by atoms with E-state index in [-0.39, 0.29) is 0 Å². The van der Waals surface area contributed by atoms with Gasteiger partial charge in [-0.05, 0) is 6.20 Å². The Morgan fingerprint density at radius 2 is 2.50 bits per heavy atom. The molecule has 0 aromatic rings. The van der Waals surface area contributed by atoms with Gasteiger partial charge in [0, 0.05) is 12.3 Å². The number of hydrogen-bond donors (Lipinski definition) is 2. The Bertz CT molecular complexity index is 36.5. The third-order valence-electron chi connectivity index (χ3n) is 0.400. The summed E-state index contributed by atoms with van der Waals surface area (Å²) in [5.74, 6) is 0.867. The minimum atomic E-state index is 0.867. The molecule has 0 amide bonds. The summed E-state index contributed by atoms with van der Waals surface area (Å²) in [6, 6.07) is 0. The van der Waals surface area contributed by atoms with Crippen LogP contribution in [0.4, 0.5) is 0 Å². The van der Waals surface area contributed by atoms with E-state index in [1.54, 1.807) is 6.20 Å². The van der Waals surface area contributed by atoms with Gasteiger partial charge < -0.3 is 5.32 Å². The van der Waals surface area contributed by atoms with Crippen molar-refractivity contribution >= 4 is 12.6 Å². The van der Waals surface area contributed by atoms with Crippen molar-refractivity contribution in [1.29, 1.82) is 0 Å². The Balaban J connectivity index is 2.49. The lowest BCUT2D eigenvalue weighted by Gasteiger charge is -1.89. The van der Waals surface area contributed by atoms with Gasteiger partial charge in [0.2, 0.25) is 0 Å². The van der Waals surface area contributed by atoms with Crippen LogP contribution in [0.15, 0.2) is 12.8 Å². The maximum atomic E-state index is 3.94. The summed E-state index contributed by atoms with van der Waals surface area (Å²) in [6.45, 7) is 4.36. The van der Waals surface area contributed by atoms with Crippen LogP contribution in [0.3, 0.4) is 0 Å². The van der Waals surface area contributed by atoms with E-state index in [4.69, 9.17) is 0 Å². The fourth-order valence-electron chi connectivity index (χ4n) is 0.167. The normalized spacial score (nSPS) is 7.50. The smallest absolute Gasteiger partial charge is 0.0229 e. The van der Waals surface area contributed by atoms with Gasteiger partial charge in [-0.25, -0.2) is 0 Å². The second-order valence-electron chi connectivity index (χ2n) is 0.882. The van der Waals surface area contributed by atoms with Crippen molar-refractivity contribution in [3.05, 3.63) is 12.8 Å². The van der Waals surface area contributed by atoms with E-state index in [2.05, 4.69) is 24.5 Å². The van der Waals surface area contributed by atoms with E-state index in [0.717, 1.165) is 12.3 Å². The lowest BCUT2D eigenvalue weighted by atomic mass is 10.7. The molecule has 1 N–H and O–H groups in total. The zero-order chi connectivity index (χ0) is 4.83. The number of nitrogens with one attached hydrogen (secondary N) is 1. The molecule has 0 rings (SSSR count). The van der Waals surface area contributed by atoms with E-state index in [1.807, 2.05) is 0 Å². The van der Waals surface area contributed by atoms with Crippen LogP contribution in [-0.2, 0) is 0 Å². The molecular weight excluding hydrogens is 94.1 g/mol. The van der Waals surface area contributed by atoms with Crippen molar-refractivity contribution in [2.45, 2.75) is 0 Å². The highest BCUT2D eigenvalue weighted by molar-refractivity contribution is 7.80. The molecule has 0 aliphatic heterocycles. The van der Waals surface area contributed by atoms with Crippen LogP contribution in [0.1, 0.15) is 0 Å². The van der Waals surface area contributed by atoms with E-state index < -0.39 is 0 Å². The summed E-state index contributed by atoms with van der Waals surface area (Å²) >= 11 is 3.94.